The summed E-state index contributed by atoms with van der Waals surface area (Å²) in [6.45, 7) is 2.32. The summed E-state index contributed by atoms with van der Waals surface area (Å²) in [7, 11) is 0. The largest absolute Gasteiger partial charge is 0.481 e. The number of aliphatic carboxylic acids is 1. The number of hydrogen-bond acceptors (Lipinski definition) is 6. The van der Waals surface area contributed by atoms with Gasteiger partial charge in [-0.2, -0.15) is 0 Å². The zero-order chi connectivity index (χ0) is 24.1. The fourth-order valence-corrected chi connectivity index (χ4v) is 4.81. The van der Waals surface area contributed by atoms with Crippen LogP contribution in [0.15, 0.2) is 54.7 Å². The molecule has 2 aromatic carbocycles. The SMILES string of the molecule is CCC(CNC(=O)c1cnc(NC(=O)OCC2c3ccccc3-c3ccccc32)s1)CC(=O)O. The normalized spacial score (nSPS) is 13.0. The number of nitrogens with one attached hydrogen (secondary N) is 2. The molecular weight excluding hydrogens is 454 g/mol. The Kier molecular flexibility index (Phi) is 7.22. The first-order valence-corrected chi connectivity index (χ1v) is 11.9. The van der Waals surface area contributed by atoms with E-state index < -0.39 is 12.1 Å². The molecule has 8 nitrogen and oxygen atoms in total. The van der Waals surface area contributed by atoms with Crippen molar-refractivity contribution in [3.63, 3.8) is 0 Å². The summed E-state index contributed by atoms with van der Waals surface area (Å²) in [5, 5.41) is 14.5. The van der Waals surface area contributed by atoms with Crippen molar-refractivity contribution in [2.24, 2.45) is 5.92 Å². The fraction of sp³-hybridized carbons (Fsp3) is 0.280. The van der Waals surface area contributed by atoms with Crippen LogP contribution in [0.2, 0.25) is 0 Å². The number of anilines is 1. The van der Waals surface area contributed by atoms with E-state index in [-0.39, 0.29) is 42.4 Å². The van der Waals surface area contributed by atoms with Gasteiger partial charge >= 0.3 is 12.1 Å². The number of rotatable bonds is 9. The van der Waals surface area contributed by atoms with Gasteiger partial charge in [-0.15, -0.1) is 0 Å². The van der Waals surface area contributed by atoms with Crippen LogP contribution in [0, 0.1) is 5.92 Å². The van der Waals surface area contributed by atoms with Crippen molar-refractivity contribution in [3.8, 4) is 11.1 Å². The molecule has 2 amide bonds. The van der Waals surface area contributed by atoms with Gasteiger partial charge in [0.15, 0.2) is 5.13 Å². The van der Waals surface area contributed by atoms with E-state index in [9.17, 15) is 14.4 Å². The van der Waals surface area contributed by atoms with Crippen molar-refractivity contribution >= 4 is 34.4 Å². The van der Waals surface area contributed by atoms with Gasteiger partial charge in [0.1, 0.15) is 11.5 Å². The summed E-state index contributed by atoms with van der Waals surface area (Å²) >= 11 is 1.03. The summed E-state index contributed by atoms with van der Waals surface area (Å²) in [6, 6.07) is 16.2. The second kappa shape index (κ2) is 10.5. The van der Waals surface area contributed by atoms with Crippen LogP contribution in [-0.4, -0.2) is 41.2 Å². The monoisotopic (exact) mass is 479 g/mol. The predicted molar refractivity (Wildman–Crippen MR) is 129 cm³/mol. The van der Waals surface area contributed by atoms with Gasteiger partial charge in [-0.25, -0.2) is 9.78 Å². The highest BCUT2D eigenvalue weighted by atomic mass is 32.1. The van der Waals surface area contributed by atoms with E-state index in [1.165, 1.54) is 6.20 Å². The fourth-order valence-electron chi connectivity index (χ4n) is 4.09. The van der Waals surface area contributed by atoms with E-state index in [0.717, 1.165) is 33.6 Å². The van der Waals surface area contributed by atoms with Crippen molar-refractivity contribution in [2.45, 2.75) is 25.7 Å². The topological polar surface area (TPSA) is 118 Å². The number of benzene rings is 2. The Morgan fingerprint density at radius 1 is 1.09 bits per heavy atom. The zero-order valence-corrected chi connectivity index (χ0v) is 19.4. The number of carbonyl (C=O) groups excluding carboxylic acids is 2. The third-order valence-electron chi connectivity index (χ3n) is 5.87. The molecule has 1 aromatic heterocycles. The summed E-state index contributed by atoms with van der Waals surface area (Å²) in [5.41, 5.74) is 4.55. The molecule has 0 saturated carbocycles. The van der Waals surface area contributed by atoms with E-state index in [4.69, 9.17) is 9.84 Å². The number of hydrogen-bond donors (Lipinski definition) is 3. The van der Waals surface area contributed by atoms with Gasteiger partial charge in [0, 0.05) is 18.9 Å². The van der Waals surface area contributed by atoms with Crippen LogP contribution in [0.25, 0.3) is 11.1 Å². The van der Waals surface area contributed by atoms with Crippen molar-refractivity contribution in [2.75, 3.05) is 18.5 Å². The average Bonchev–Trinajstić information content (AvgIpc) is 3.42. The van der Waals surface area contributed by atoms with Gasteiger partial charge in [-0.3, -0.25) is 14.9 Å². The highest BCUT2D eigenvalue weighted by Crippen LogP contribution is 2.44. The zero-order valence-electron chi connectivity index (χ0n) is 18.6. The molecule has 0 radical (unpaired) electrons. The Balaban J connectivity index is 1.32. The molecule has 0 saturated heterocycles. The predicted octanol–water partition coefficient (Wildman–Crippen LogP) is 4.73. The number of carbonyl (C=O) groups is 3. The molecule has 3 aromatic rings. The lowest BCUT2D eigenvalue weighted by Crippen LogP contribution is -2.29. The standard InChI is InChI=1S/C25H25N3O5S/c1-2-15(11-22(29)30)12-26-23(31)21-13-27-24(34-21)28-25(32)33-14-20-18-9-5-3-7-16(18)17-8-4-6-10-19(17)20/h3-10,13,15,20H,2,11-12,14H2,1H3,(H,26,31)(H,29,30)(H,27,28,32). The number of amides is 2. The van der Waals surface area contributed by atoms with Gasteiger partial charge in [-0.05, 0) is 28.2 Å². The van der Waals surface area contributed by atoms with E-state index in [0.29, 0.717) is 11.3 Å². The first-order valence-electron chi connectivity index (χ1n) is 11.0. The lowest BCUT2D eigenvalue weighted by molar-refractivity contribution is -0.138. The molecule has 3 N–H and O–H groups in total. The molecule has 1 aliphatic carbocycles. The van der Waals surface area contributed by atoms with Gasteiger partial charge in [-0.1, -0.05) is 73.2 Å². The molecule has 0 fully saturated rings. The van der Waals surface area contributed by atoms with Crippen molar-refractivity contribution in [1.29, 1.82) is 0 Å². The van der Waals surface area contributed by atoms with Gasteiger partial charge in [0.25, 0.3) is 5.91 Å². The number of thiazole rings is 1. The first-order chi connectivity index (χ1) is 16.5. The van der Waals surface area contributed by atoms with Gasteiger partial charge in [0.2, 0.25) is 0 Å². The van der Waals surface area contributed by atoms with Crippen molar-refractivity contribution in [3.05, 3.63) is 70.7 Å². The van der Waals surface area contributed by atoms with Gasteiger partial charge < -0.3 is 15.2 Å². The molecule has 1 atom stereocenters. The number of carboxylic acids is 1. The highest BCUT2D eigenvalue weighted by Gasteiger charge is 2.29. The second-order valence-corrected chi connectivity index (χ2v) is 9.09. The van der Waals surface area contributed by atoms with Crippen LogP contribution in [0.1, 0.15) is 46.5 Å². The third kappa shape index (κ3) is 5.26. The summed E-state index contributed by atoms with van der Waals surface area (Å²) in [6.07, 6.45) is 1.37. The molecule has 4 rings (SSSR count). The number of fused-ring (bicyclic) bond motifs is 3. The lowest BCUT2D eigenvalue weighted by atomic mass is 9.98. The lowest BCUT2D eigenvalue weighted by Gasteiger charge is -2.14. The Morgan fingerprint density at radius 2 is 1.74 bits per heavy atom. The quantitative estimate of drug-likeness (QED) is 0.408. The minimum absolute atomic E-state index is 0.00589. The van der Waals surface area contributed by atoms with E-state index in [1.807, 2.05) is 43.3 Å². The minimum Gasteiger partial charge on any atom is -0.481 e. The molecule has 1 heterocycles. The second-order valence-electron chi connectivity index (χ2n) is 8.06. The molecule has 176 valence electrons. The molecule has 0 spiro atoms. The van der Waals surface area contributed by atoms with Crippen LogP contribution in [0.3, 0.4) is 0 Å². The molecule has 1 aliphatic rings. The van der Waals surface area contributed by atoms with E-state index in [1.54, 1.807) is 0 Å². The van der Waals surface area contributed by atoms with Crippen LogP contribution < -0.4 is 10.6 Å². The molecule has 0 bridgehead atoms. The minimum atomic E-state index is -0.895. The maximum Gasteiger partial charge on any atom is 0.413 e. The Morgan fingerprint density at radius 3 is 2.35 bits per heavy atom. The molecule has 0 aliphatic heterocycles. The van der Waals surface area contributed by atoms with Crippen molar-refractivity contribution < 1.29 is 24.2 Å². The molecule has 9 heteroatoms. The Hall–Kier alpha value is -3.72. The van der Waals surface area contributed by atoms with Gasteiger partial charge in [0.05, 0.1) is 6.20 Å². The van der Waals surface area contributed by atoms with E-state index in [2.05, 4.69) is 27.8 Å². The number of aromatic nitrogens is 1. The van der Waals surface area contributed by atoms with Crippen LogP contribution in [0.4, 0.5) is 9.93 Å². The number of nitrogens with zero attached hydrogens (tertiary/aromatic N) is 1. The van der Waals surface area contributed by atoms with Crippen molar-refractivity contribution in [1.82, 2.24) is 10.3 Å². The molecular formula is C25H25N3O5S. The highest BCUT2D eigenvalue weighted by molar-refractivity contribution is 7.17. The number of ether oxygens (including phenoxy) is 1. The average molecular weight is 480 g/mol. The Labute approximate surface area is 201 Å². The maximum absolute atomic E-state index is 12.4. The summed E-state index contributed by atoms with van der Waals surface area (Å²) in [5.74, 6) is -1.45. The van der Waals surface area contributed by atoms with E-state index >= 15 is 0 Å². The maximum atomic E-state index is 12.4. The Bertz CT molecular complexity index is 1160. The van der Waals surface area contributed by atoms with Crippen LogP contribution in [-0.2, 0) is 9.53 Å². The summed E-state index contributed by atoms with van der Waals surface area (Å²) in [4.78, 5) is 40.0. The van der Waals surface area contributed by atoms with Crippen LogP contribution in [0.5, 0.6) is 0 Å². The summed E-state index contributed by atoms with van der Waals surface area (Å²) < 4.78 is 5.50. The number of carboxylic acid groups (broad SMARTS) is 1. The molecule has 1 unspecified atom stereocenters. The first kappa shape index (κ1) is 23.4. The smallest absolute Gasteiger partial charge is 0.413 e. The molecule has 34 heavy (non-hydrogen) atoms. The third-order valence-corrected chi connectivity index (χ3v) is 6.79. The van der Waals surface area contributed by atoms with Crippen LogP contribution >= 0.6 is 11.3 Å².